The summed E-state index contributed by atoms with van der Waals surface area (Å²) in [6, 6.07) is 6.19. The summed E-state index contributed by atoms with van der Waals surface area (Å²) in [5, 5.41) is 0. The molecule has 142 valence electrons. The van der Waals surface area contributed by atoms with Crippen LogP contribution in [0.3, 0.4) is 0 Å². The minimum absolute atomic E-state index is 0.158. The lowest BCUT2D eigenvalue weighted by atomic mass is 10.2. The van der Waals surface area contributed by atoms with Crippen LogP contribution in [0.25, 0.3) is 0 Å². The second-order valence-electron chi connectivity index (χ2n) is 5.97. The van der Waals surface area contributed by atoms with Gasteiger partial charge in [-0.3, -0.25) is 0 Å². The van der Waals surface area contributed by atoms with E-state index in [1.54, 1.807) is 37.0 Å². The van der Waals surface area contributed by atoms with Crippen LogP contribution in [-0.4, -0.2) is 49.6 Å². The van der Waals surface area contributed by atoms with Crippen molar-refractivity contribution in [2.75, 3.05) is 20.1 Å². The van der Waals surface area contributed by atoms with Crippen LogP contribution < -0.4 is 0 Å². The first kappa shape index (κ1) is 19.1. The van der Waals surface area contributed by atoms with Crippen molar-refractivity contribution in [3.63, 3.8) is 0 Å². The summed E-state index contributed by atoms with van der Waals surface area (Å²) in [5.41, 5.74) is 1.39. The molecule has 0 radical (unpaired) electrons. The van der Waals surface area contributed by atoms with Gasteiger partial charge in [0.2, 0.25) is 15.9 Å². The molecule has 0 bridgehead atoms. The predicted molar refractivity (Wildman–Crippen MR) is 102 cm³/mol. The van der Waals surface area contributed by atoms with E-state index in [9.17, 15) is 13.2 Å². The molecule has 8 heteroatoms. The van der Waals surface area contributed by atoms with Gasteiger partial charge in [-0.1, -0.05) is 19.9 Å². The average molecular weight is 387 g/mol. The van der Waals surface area contributed by atoms with E-state index in [0.717, 1.165) is 0 Å². The molecule has 2 aliphatic rings. The van der Waals surface area contributed by atoms with Gasteiger partial charge in [0, 0.05) is 31.9 Å². The smallest absolute Gasteiger partial charge is 0.366 e. The van der Waals surface area contributed by atoms with Gasteiger partial charge in [-0.05, 0) is 36.4 Å². The standard InChI is InChI=1S/C19H21N3O4S/c1-4-22(5-2)27(24,25)15-11-9-14(10-12-15)18-20-17(19(23)26-18)16-8-6-7-13-21(16)3/h6-13H,4-5H2,1-3H3/b17-16+. The zero-order valence-corrected chi connectivity index (χ0v) is 16.2. The van der Waals surface area contributed by atoms with Gasteiger partial charge in [-0.15, -0.1) is 0 Å². The molecule has 0 fully saturated rings. The Morgan fingerprint density at radius 3 is 2.37 bits per heavy atom. The summed E-state index contributed by atoms with van der Waals surface area (Å²) in [5.74, 6) is -0.378. The van der Waals surface area contributed by atoms with Crippen molar-refractivity contribution in [3.8, 4) is 0 Å². The number of sulfonamides is 1. The van der Waals surface area contributed by atoms with Gasteiger partial charge < -0.3 is 9.64 Å². The van der Waals surface area contributed by atoms with Crippen LogP contribution in [0.2, 0.25) is 0 Å². The van der Waals surface area contributed by atoms with Crippen LogP contribution in [0.5, 0.6) is 0 Å². The first-order valence-electron chi connectivity index (χ1n) is 8.62. The first-order valence-corrected chi connectivity index (χ1v) is 10.1. The number of benzene rings is 1. The molecular formula is C19H21N3O4S. The molecule has 1 aromatic carbocycles. The highest BCUT2D eigenvalue weighted by Crippen LogP contribution is 2.24. The summed E-state index contributed by atoms with van der Waals surface area (Å²) in [6.45, 7) is 4.39. The maximum Gasteiger partial charge on any atom is 0.366 e. The summed E-state index contributed by atoms with van der Waals surface area (Å²) >= 11 is 0. The van der Waals surface area contributed by atoms with Gasteiger partial charge in [0.05, 0.1) is 10.6 Å². The number of likely N-dealkylation sites (N-methyl/N-ethyl adjacent to an activating group) is 1. The SMILES string of the molecule is CCN(CC)S(=O)(=O)c1ccc(C2=N/C(=C3\C=CC=CN3C)C(=O)O2)cc1. The highest BCUT2D eigenvalue weighted by molar-refractivity contribution is 7.89. The normalized spacial score (nSPS) is 19.6. The predicted octanol–water partition coefficient (Wildman–Crippen LogP) is 2.25. The van der Waals surface area contributed by atoms with Crippen molar-refractivity contribution in [3.05, 3.63) is 65.7 Å². The summed E-state index contributed by atoms with van der Waals surface area (Å²) in [4.78, 5) is 18.5. The van der Waals surface area contributed by atoms with E-state index >= 15 is 0 Å². The van der Waals surface area contributed by atoms with Crippen molar-refractivity contribution in [2.24, 2.45) is 4.99 Å². The van der Waals surface area contributed by atoms with Gasteiger partial charge >= 0.3 is 5.97 Å². The summed E-state index contributed by atoms with van der Waals surface area (Å²) in [6.07, 6.45) is 7.26. The molecule has 0 saturated carbocycles. The molecule has 0 aromatic heterocycles. The van der Waals surface area contributed by atoms with Gasteiger partial charge in [-0.2, -0.15) is 4.31 Å². The highest BCUT2D eigenvalue weighted by atomic mass is 32.2. The molecule has 0 spiro atoms. The largest absolute Gasteiger partial charge is 0.402 e. The Kier molecular flexibility index (Phi) is 5.29. The fourth-order valence-electron chi connectivity index (χ4n) is 2.84. The third-order valence-electron chi connectivity index (χ3n) is 4.34. The second kappa shape index (κ2) is 7.50. The lowest BCUT2D eigenvalue weighted by Crippen LogP contribution is -2.30. The van der Waals surface area contributed by atoms with Gasteiger partial charge in [-0.25, -0.2) is 18.2 Å². The number of cyclic esters (lactones) is 1. The third kappa shape index (κ3) is 3.58. The van der Waals surface area contributed by atoms with Crippen LogP contribution in [0.15, 0.2) is 70.0 Å². The zero-order chi connectivity index (χ0) is 19.6. The van der Waals surface area contributed by atoms with E-state index in [1.165, 1.54) is 16.4 Å². The van der Waals surface area contributed by atoms with E-state index in [2.05, 4.69) is 4.99 Å². The molecule has 3 rings (SSSR count). The minimum Gasteiger partial charge on any atom is -0.402 e. The number of ether oxygens (including phenoxy) is 1. The molecule has 27 heavy (non-hydrogen) atoms. The number of hydrogen-bond acceptors (Lipinski definition) is 6. The van der Waals surface area contributed by atoms with Crippen molar-refractivity contribution < 1.29 is 17.9 Å². The zero-order valence-electron chi connectivity index (χ0n) is 15.4. The molecule has 0 unspecified atom stereocenters. The summed E-state index contributed by atoms with van der Waals surface area (Å²) < 4.78 is 31.8. The van der Waals surface area contributed by atoms with Gasteiger partial charge in [0.15, 0.2) is 5.70 Å². The molecule has 7 nitrogen and oxygen atoms in total. The third-order valence-corrected chi connectivity index (χ3v) is 6.40. The van der Waals surface area contributed by atoms with Crippen molar-refractivity contribution >= 4 is 21.9 Å². The van der Waals surface area contributed by atoms with Crippen molar-refractivity contribution in [1.29, 1.82) is 0 Å². The number of esters is 1. The quantitative estimate of drug-likeness (QED) is 0.572. The van der Waals surface area contributed by atoms with Crippen LogP contribution in [-0.2, 0) is 19.6 Å². The Hall–Kier alpha value is -2.71. The van der Waals surface area contributed by atoms with Crippen LogP contribution in [0.1, 0.15) is 19.4 Å². The van der Waals surface area contributed by atoms with E-state index in [-0.39, 0.29) is 16.5 Å². The maximum atomic E-state index is 12.6. The molecule has 0 aliphatic carbocycles. The van der Waals surface area contributed by atoms with E-state index in [0.29, 0.717) is 24.4 Å². The molecule has 1 aromatic rings. The molecule has 2 heterocycles. The molecule has 2 aliphatic heterocycles. The van der Waals surface area contributed by atoms with E-state index < -0.39 is 16.0 Å². The topological polar surface area (TPSA) is 79.3 Å². The Bertz CT molecular complexity index is 969. The molecule has 0 atom stereocenters. The number of rotatable bonds is 5. The molecule has 0 saturated heterocycles. The Balaban J connectivity index is 1.92. The Morgan fingerprint density at radius 2 is 1.78 bits per heavy atom. The lowest BCUT2D eigenvalue weighted by molar-refractivity contribution is -0.130. The van der Waals surface area contributed by atoms with Gasteiger partial charge in [0.25, 0.3) is 0 Å². The first-order chi connectivity index (χ1) is 12.9. The number of nitrogens with zero attached hydrogens (tertiary/aromatic N) is 3. The highest BCUT2D eigenvalue weighted by Gasteiger charge is 2.29. The van der Waals surface area contributed by atoms with E-state index in [4.69, 9.17) is 4.74 Å². The number of carbonyl (C=O) groups excluding carboxylic acids is 1. The fraction of sp³-hybridized carbons (Fsp3) is 0.263. The number of hydrogen-bond donors (Lipinski definition) is 0. The molecule has 0 N–H and O–H groups in total. The second-order valence-corrected chi connectivity index (χ2v) is 7.90. The monoisotopic (exact) mass is 387 g/mol. The van der Waals surface area contributed by atoms with Crippen molar-refractivity contribution in [2.45, 2.75) is 18.7 Å². The summed E-state index contributed by atoms with van der Waals surface area (Å²) in [7, 11) is -1.72. The minimum atomic E-state index is -3.53. The average Bonchev–Trinajstić information content (AvgIpc) is 3.04. The number of allylic oxidation sites excluding steroid dienone is 3. The number of aliphatic imine (C=N–C) groups is 1. The van der Waals surface area contributed by atoms with E-state index in [1.807, 2.05) is 25.4 Å². The number of carbonyl (C=O) groups is 1. The Labute approximate surface area is 159 Å². The van der Waals surface area contributed by atoms with Crippen LogP contribution in [0.4, 0.5) is 0 Å². The maximum absolute atomic E-state index is 12.6. The van der Waals surface area contributed by atoms with Crippen LogP contribution >= 0.6 is 0 Å². The molecule has 0 amide bonds. The lowest BCUT2D eigenvalue weighted by Gasteiger charge is -2.18. The van der Waals surface area contributed by atoms with Crippen LogP contribution in [0, 0.1) is 0 Å². The van der Waals surface area contributed by atoms with Crippen molar-refractivity contribution in [1.82, 2.24) is 9.21 Å². The molecular weight excluding hydrogens is 366 g/mol. The fourth-order valence-corrected chi connectivity index (χ4v) is 4.30. The Morgan fingerprint density at radius 1 is 1.11 bits per heavy atom. The van der Waals surface area contributed by atoms with Gasteiger partial charge in [0.1, 0.15) is 0 Å².